The Morgan fingerprint density at radius 1 is 1.32 bits per heavy atom. The van der Waals surface area contributed by atoms with Gasteiger partial charge in [0.05, 0.1) is 6.42 Å². The number of carboxylic acid groups (broad SMARTS) is 1. The summed E-state index contributed by atoms with van der Waals surface area (Å²) in [6.07, 6.45) is -0.391. The van der Waals surface area contributed by atoms with E-state index in [2.05, 4.69) is 0 Å². The third-order valence-corrected chi connectivity index (χ3v) is 4.04. The molecule has 1 atom stereocenters. The van der Waals surface area contributed by atoms with E-state index in [0.717, 1.165) is 5.56 Å². The van der Waals surface area contributed by atoms with Gasteiger partial charge in [0.2, 0.25) is 11.8 Å². The lowest BCUT2D eigenvalue weighted by molar-refractivity contribution is -0.155. The molecule has 1 saturated heterocycles. The van der Waals surface area contributed by atoms with Crippen molar-refractivity contribution < 1.29 is 19.5 Å². The fourth-order valence-electron chi connectivity index (χ4n) is 2.57. The van der Waals surface area contributed by atoms with Crippen LogP contribution in [-0.4, -0.2) is 51.8 Å². The first kappa shape index (κ1) is 16.3. The zero-order valence-electron chi connectivity index (χ0n) is 12.2. The second kappa shape index (κ2) is 6.79. The highest BCUT2D eigenvalue weighted by molar-refractivity contribution is 6.31. The van der Waals surface area contributed by atoms with Crippen LogP contribution in [0.1, 0.15) is 18.9 Å². The van der Waals surface area contributed by atoms with E-state index in [0.29, 0.717) is 24.7 Å². The number of rotatable bonds is 4. The molecule has 2 rings (SSSR count). The van der Waals surface area contributed by atoms with Gasteiger partial charge < -0.3 is 14.9 Å². The number of carbonyl (C=O) groups excluding carboxylic acids is 2. The molecule has 1 aliphatic heterocycles. The van der Waals surface area contributed by atoms with Crippen LogP contribution in [0.3, 0.4) is 0 Å². The zero-order chi connectivity index (χ0) is 16.3. The van der Waals surface area contributed by atoms with E-state index in [1.54, 1.807) is 17.0 Å². The third kappa shape index (κ3) is 3.57. The number of benzene rings is 1. The van der Waals surface area contributed by atoms with Crippen molar-refractivity contribution >= 4 is 29.4 Å². The van der Waals surface area contributed by atoms with Gasteiger partial charge in [0.1, 0.15) is 6.04 Å². The molecular formula is C15H17ClN2O4. The maximum Gasteiger partial charge on any atom is 0.305 e. The molecule has 7 heteroatoms. The standard InChI is InChI=1S/C15H17ClN2O4/c1-10(19)18-7-6-17(15(22)13(18)8-14(20)21)9-11-4-2-3-5-12(11)16/h2-5,13H,6-9H2,1H3,(H,20,21). The van der Waals surface area contributed by atoms with Crippen molar-refractivity contribution in [3.63, 3.8) is 0 Å². The predicted molar refractivity (Wildman–Crippen MR) is 80.3 cm³/mol. The molecule has 2 amide bonds. The Labute approximate surface area is 133 Å². The minimum absolute atomic E-state index is 0.294. The minimum atomic E-state index is -1.11. The molecule has 118 valence electrons. The van der Waals surface area contributed by atoms with E-state index in [9.17, 15) is 14.4 Å². The van der Waals surface area contributed by atoms with Gasteiger partial charge in [-0.2, -0.15) is 0 Å². The normalized spacial score (nSPS) is 18.5. The fraction of sp³-hybridized carbons (Fsp3) is 0.400. The zero-order valence-corrected chi connectivity index (χ0v) is 12.9. The lowest BCUT2D eigenvalue weighted by atomic mass is 10.1. The van der Waals surface area contributed by atoms with Gasteiger partial charge in [-0.05, 0) is 11.6 Å². The molecule has 0 aromatic heterocycles. The highest BCUT2D eigenvalue weighted by Crippen LogP contribution is 2.21. The third-order valence-electron chi connectivity index (χ3n) is 3.68. The number of halogens is 1. The Kier molecular flexibility index (Phi) is 5.03. The SMILES string of the molecule is CC(=O)N1CCN(Cc2ccccc2Cl)C(=O)C1CC(=O)O. The number of carboxylic acids is 1. The summed E-state index contributed by atoms with van der Waals surface area (Å²) in [5, 5.41) is 9.53. The smallest absolute Gasteiger partial charge is 0.305 e. The van der Waals surface area contributed by atoms with E-state index >= 15 is 0 Å². The van der Waals surface area contributed by atoms with Crippen molar-refractivity contribution in [2.24, 2.45) is 0 Å². The minimum Gasteiger partial charge on any atom is -0.481 e. The Morgan fingerprint density at radius 3 is 2.59 bits per heavy atom. The van der Waals surface area contributed by atoms with Crippen molar-refractivity contribution in [1.82, 2.24) is 9.80 Å². The first-order valence-electron chi connectivity index (χ1n) is 6.91. The molecule has 0 spiro atoms. The number of hydrogen-bond donors (Lipinski definition) is 1. The lowest BCUT2D eigenvalue weighted by Gasteiger charge is -2.39. The molecule has 1 N–H and O–H groups in total. The number of nitrogens with zero attached hydrogens (tertiary/aromatic N) is 2. The van der Waals surface area contributed by atoms with E-state index in [-0.39, 0.29) is 11.8 Å². The van der Waals surface area contributed by atoms with Gasteiger partial charge in [-0.25, -0.2) is 0 Å². The Morgan fingerprint density at radius 2 is 2.00 bits per heavy atom. The van der Waals surface area contributed by atoms with Gasteiger partial charge in [-0.3, -0.25) is 14.4 Å². The molecule has 1 aliphatic rings. The van der Waals surface area contributed by atoms with E-state index in [1.165, 1.54) is 11.8 Å². The lowest BCUT2D eigenvalue weighted by Crippen LogP contribution is -2.58. The Hall–Kier alpha value is -2.08. The highest BCUT2D eigenvalue weighted by atomic mass is 35.5. The molecule has 1 aromatic carbocycles. The van der Waals surface area contributed by atoms with Crippen molar-refractivity contribution in [1.29, 1.82) is 0 Å². The second-order valence-corrected chi connectivity index (χ2v) is 5.58. The fourth-order valence-corrected chi connectivity index (χ4v) is 2.76. The number of aliphatic carboxylic acids is 1. The van der Waals surface area contributed by atoms with Gasteiger partial charge in [-0.15, -0.1) is 0 Å². The molecule has 0 radical (unpaired) electrons. The quantitative estimate of drug-likeness (QED) is 0.907. The second-order valence-electron chi connectivity index (χ2n) is 5.18. The van der Waals surface area contributed by atoms with Crippen LogP contribution in [-0.2, 0) is 20.9 Å². The van der Waals surface area contributed by atoms with Crippen LogP contribution in [0.25, 0.3) is 0 Å². The number of hydrogen-bond acceptors (Lipinski definition) is 3. The monoisotopic (exact) mass is 324 g/mol. The van der Waals surface area contributed by atoms with Crippen LogP contribution < -0.4 is 0 Å². The van der Waals surface area contributed by atoms with Gasteiger partial charge in [0.25, 0.3) is 0 Å². The topological polar surface area (TPSA) is 77.9 Å². The van der Waals surface area contributed by atoms with Crippen LogP contribution in [0.15, 0.2) is 24.3 Å². The molecule has 1 fully saturated rings. The summed E-state index contributed by atoms with van der Waals surface area (Å²) < 4.78 is 0. The largest absolute Gasteiger partial charge is 0.481 e. The van der Waals surface area contributed by atoms with Gasteiger partial charge in [-0.1, -0.05) is 29.8 Å². The summed E-state index contributed by atoms with van der Waals surface area (Å²) in [5.41, 5.74) is 0.794. The van der Waals surface area contributed by atoms with E-state index in [4.69, 9.17) is 16.7 Å². The van der Waals surface area contributed by atoms with Gasteiger partial charge in [0, 0.05) is 31.6 Å². The first-order chi connectivity index (χ1) is 10.4. The summed E-state index contributed by atoms with van der Waals surface area (Å²) in [4.78, 5) is 38.0. The molecule has 1 unspecified atom stereocenters. The maximum absolute atomic E-state index is 12.5. The van der Waals surface area contributed by atoms with Crippen molar-refractivity contribution in [2.45, 2.75) is 25.9 Å². The van der Waals surface area contributed by atoms with Crippen molar-refractivity contribution in [3.05, 3.63) is 34.9 Å². The average Bonchev–Trinajstić information content (AvgIpc) is 2.44. The van der Waals surface area contributed by atoms with Crippen LogP contribution >= 0.6 is 11.6 Å². The summed E-state index contributed by atoms with van der Waals surface area (Å²) in [6.45, 7) is 2.33. The molecule has 0 aliphatic carbocycles. The predicted octanol–water partition coefficient (Wildman–Crippen LogP) is 1.37. The van der Waals surface area contributed by atoms with Gasteiger partial charge >= 0.3 is 5.97 Å². The molecule has 1 aromatic rings. The molecule has 22 heavy (non-hydrogen) atoms. The van der Waals surface area contributed by atoms with E-state index in [1.807, 2.05) is 12.1 Å². The first-order valence-corrected chi connectivity index (χ1v) is 7.29. The summed E-state index contributed by atoms with van der Waals surface area (Å²) >= 11 is 6.09. The highest BCUT2D eigenvalue weighted by Gasteiger charge is 2.37. The molecule has 1 heterocycles. The average molecular weight is 325 g/mol. The maximum atomic E-state index is 12.5. The number of piperazine rings is 1. The van der Waals surface area contributed by atoms with Crippen LogP contribution in [0.2, 0.25) is 5.02 Å². The van der Waals surface area contributed by atoms with Crippen LogP contribution in [0.4, 0.5) is 0 Å². The summed E-state index contributed by atoms with van der Waals surface area (Å²) in [5.74, 6) is -1.76. The summed E-state index contributed by atoms with van der Waals surface area (Å²) in [6, 6.07) is 6.23. The molecule has 0 bridgehead atoms. The van der Waals surface area contributed by atoms with Crippen LogP contribution in [0, 0.1) is 0 Å². The number of carbonyl (C=O) groups is 3. The van der Waals surface area contributed by atoms with E-state index < -0.39 is 18.4 Å². The Balaban J connectivity index is 2.18. The molecule has 0 saturated carbocycles. The van der Waals surface area contributed by atoms with Crippen molar-refractivity contribution in [2.75, 3.05) is 13.1 Å². The molecular weight excluding hydrogens is 308 g/mol. The van der Waals surface area contributed by atoms with Crippen molar-refractivity contribution in [3.8, 4) is 0 Å². The van der Waals surface area contributed by atoms with Crippen LogP contribution in [0.5, 0.6) is 0 Å². The number of amides is 2. The Bertz CT molecular complexity index is 605. The van der Waals surface area contributed by atoms with Gasteiger partial charge in [0.15, 0.2) is 0 Å². The molecule has 6 nitrogen and oxygen atoms in total. The summed E-state index contributed by atoms with van der Waals surface area (Å²) in [7, 11) is 0.